The first-order valence-corrected chi connectivity index (χ1v) is 8.35. The molecule has 5 nitrogen and oxygen atoms in total. The molecule has 1 N–H and O–H groups in total. The van der Waals surface area contributed by atoms with Crippen LogP contribution >= 0.6 is 0 Å². The molecule has 0 radical (unpaired) electrons. The van der Waals surface area contributed by atoms with Gasteiger partial charge in [-0.1, -0.05) is 30.3 Å². The lowest BCUT2D eigenvalue weighted by Gasteiger charge is -2.11. The molecule has 0 aliphatic carbocycles. The van der Waals surface area contributed by atoms with Crippen LogP contribution in [0.2, 0.25) is 0 Å². The van der Waals surface area contributed by atoms with Crippen LogP contribution in [0.5, 0.6) is 5.75 Å². The highest BCUT2D eigenvalue weighted by Crippen LogP contribution is 2.28. The zero-order valence-corrected chi connectivity index (χ0v) is 14.5. The predicted molar refractivity (Wildman–Crippen MR) is 96.7 cm³/mol. The SMILES string of the molecule is COc1ccccc1CCC(=O)NCc1ccc2c(c1)CC(=O)N2C. The fraction of sp³-hybridized carbons (Fsp3) is 0.300. The second-order valence-electron chi connectivity index (χ2n) is 6.18. The van der Waals surface area contributed by atoms with Gasteiger partial charge in [-0.15, -0.1) is 0 Å². The van der Waals surface area contributed by atoms with Crippen LogP contribution in [0.4, 0.5) is 5.69 Å². The predicted octanol–water partition coefficient (Wildman–Crippen LogP) is 2.46. The van der Waals surface area contributed by atoms with Gasteiger partial charge < -0.3 is 15.0 Å². The lowest BCUT2D eigenvalue weighted by atomic mass is 10.1. The van der Waals surface area contributed by atoms with Crippen LogP contribution < -0.4 is 15.0 Å². The third-order valence-electron chi connectivity index (χ3n) is 4.52. The van der Waals surface area contributed by atoms with E-state index in [0.29, 0.717) is 25.8 Å². The summed E-state index contributed by atoms with van der Waals surface area (Å²) in [6, 6.07) is 13.6. The van der Waals surface area contributed by atoms with Crippen molar-refractivity contribution in [1.82, 2.24) is 5.32 Å². The molecule has 1 aliphatic heterocycles. The normalized spacial score (nSPS) is 12.9. The number of nitrogens with zero attached hydrogens (tertiary/aromatic N) is 1. The lowest BCUT2D eigenvalue weighted by molar-refractivity contribution is -0.121. The number of hydrogen-bond acceptors (Lipinski definition) is 3. The number of carbonyl (C=O) groups excluding carboxylic acids is 2. The van der Waals surface area contributed by atoms with E-state index in [1.54, 1.807) is 19.1 Å². The molecular formula is C20H22N2O3. The second kappa shape index (κ2) is 7.38. The van der Waals surface area contributed by atoms with Gasteiger partial charge in [0.05, 0.1) is 13.5 Å². The van der Waals surface area contributed by atoms with E-state index in [-0.39, 0.29) is 11.8 Å². The largest absolute Gasteiger partial charge is 0.496 e. The first-order chi connectivity index (χ1) is 12.1. The van der Waals surface area contributed by atoms with Gasteiger partial charge in [-0.25, -0.2) is 0 Å². The second-order valence-corrected chi connectivity index (χ2v) is 6.18. The minimum atomic E-state index is -0.000371. The molecule has 1 heterocycles. The zero-order chi connectivity index (χ0) is 17.8. The Morgan fingerprint density at radius 1 is 1.24 bits per heavy atom. The van der Waals surface area contributed by atoms with Gasteiger partial charge in [0.25, 0.3) is 0 Å². The van der Waals surface area contributed by atoms with E-state index in [0.717, 1.165) is 28.1 Å². The molecule has 0 spiro atoms. The maximum absolute atomic E-state index is 12.1. The fourth-order valence-corrected chi connectivity index (χ4v) is 3.08. The average Bonchev–Trinajstić information content (AvgIpc) is 2.92. The molecule has 0 saturated heterocycles. The van der Waals surface area contributed by atoms with Crippen molar-refractivity contribution in [3.63, 3.8) is 0 Å². The molecule has 0 aromatic heterocycles. The number of likely N-dealkylation sites (N-methyl/N-ethyl adjacent to an activating group) is 1. The van der Waals surface area contributed by atoms with Gasteiger partial charge in [0, 0.05) is 25.7 Å². The summed E-state index contributed by atoms with van der Waals surface area (Å²) >= 11 is 0. The molecule has 1 aliphatic rings. The van der Waals surface area contributed by atoms with Crippen molar-refractivity contribution in [3.8, 4) is 5.75 Å². The van der Waals surface area contributed by atoms with Gasteiger partial charge >= 0.3 is 0 Å². The lowest BCUT2D eigenvalue weighted by Crippen LogP contribution is -2.23. The van der Waals surface area contributed by atoms with Crippen LogP contribution in [0.25, 0.3) is 0 Å². The Labute approximate surface area is 147 Å². The summed E-state index contributed by atoms with van der Waals surface area (Å²) in [6.07, 6.45) is 1.48. The van der Waals surface area contributed by atoms with Gasteiger partial charge in [-0.05, 0) is 35.2 Å². The highest BCUT2D eigenvalue weighted by molar-refractivity contribution is 6.00. The number of anilines is 1. The van der Waals surface area contributed by atoms with E-state index in [9.17, 15) is 9.59 Å². The number of carbonyl (C=O) groups is 2. The standard InChI is InChI=1S/C20H22N2O3/c1-22-17-9-7-14(11-16(17)12-20(22)24)13-21-19(23)10-8-15-5-3-4-6-18(15)25-2/h3-7,9,11H,8,10,12-13H2,1-2H3,(H,21,23). The minimum absolute atomic E-state index is 0.000371. The smallest absolute Gasteiger partial charge is 0.231 e. The first kappa shape index (κ1) is 17.0. The average molecular weight is 338 g/mol. The molecule has 0 bridgehead atoms. The Balaban J connectivity index is 1.53. The van der Waals surface area contributed by atoms with E-state index in [4.69, 9.17) is 4.74 Å². The number of rotatable bonds is 6. The Morgan fingerprint density at radius 3 is 2.84 bits per heavy atom. The highest BCUT2D eigenvalue weighted by atomic mass is 16.5. The number of nitrogens with one attached hydrogen (secondary N) is 1. The topological polar surface area (TPSA) is 58.6 Å². The molecule has 0 unspecified atom stereocenters. The molecule has 130 valence electrons. The van der Waals surface area contributed by atoms with Crippen molar-refractivity contribution in [3.05, 3.63) is 59.2 Å². The molecular weight excluding hydrogens is 316 g/mol. The third-order valence-corrected chi connectivity index (χ3v) is 4.52. The molecule has 2 aromatic rings. The third kappa shape index (κ3) is 3.82. The van der Waals surface area contributed by atoms with E-state index < -0.39 is 0 Å². The van der Waals surface area contributed by atoms with Crippen LogP contribution in [0, 0.1) is 0 Å². The molecule has 5 heteroatoms. The number of para-hydroxylation sites is 1. The molecule has 0 saturated carbocycles. The van der Waals surface area contributed by atoms with Gasteiger partial charge in [-0.3, -0.25) is 9.59 Å². The number of aryl methyl sites for hydroxylation is 1. The van der Waals surface area contributed by atoms with Crippen molar-refractivity contribution in [1.29, 1.82) is 0 Å². The van der Waals surface area contributed by atoms with Gasteiger partial charge in [0.1, 0.15) is 5.75 Å². The quantitative estimate of drug-likeness (QED) is 0.880. The molecule has 25 heavy (non-hydrogen) atoms. The van der Waals surface area contributed by atoms with E-state index in [2.05, 4.69) is 5.32 Å². The summed E-state index contributed by atoms with van der Waals surface area (Å²) in [5.74, 6) is 0.912. The van der Waals surface area contributed by atoms with E-state index in [1.165, 1.54) is 0 Å². The number of amides is 2. The zero-order valence-electron chi connectivity index (χ0n) is 14.5. The summed E-state index contributed by atoms with van der Waals surface area (Å²) < 4.78 is 5.30. The van der Waals surface area contributed by atoms with Crippen LogP contribution in [0.1, 0.15) is 23.1 Å². The van der Waals surface area contributed by atoms with Crippen molar-refractivity contribution < 1.29 is 14.3 Å². The highest BCUT2D eigenvalue weighted by Gasteiger charge is 2.23. The maximum atomic E-state index is 12.1. The number of fused-ring (bicyclic) bond motifs is 1. The summed E-state index contributed by atoms with van der Waals surface area (Å²) in [6.45, 7) is 0.468. The summed E-state index contributed by atoms with van der Waals surface area (Å²) in [5, 5.41) is 2.94. The Bertz CT molecular complexity index is 801. The van der Waals surface area contributed by atoms with Gasteiger partial charge in [-0.2, -0.15) is 0 Å². The minimum Gasteiger partial charge on any atom is -0.496 e. The fourth-order valence-electron chi connectivity index (χ4n) is 3.08. The van der Waals surface area contributed by atoms with Crippen molar-refractivity contribution >= 4 is 17.5 Å². The molecule has 0 atom stereocenters. The van der Waals surface area contributed by atoms with Crippen LogP contribution in [0.15, 0.2) is 42.5 Å². The van der Waals surface area contributed by atoms with Crippen molar-refractivity contribution in [2.75, 3.05) is 19.1 Å². The molecule has 2 amide bonds. The van der Waals surface area contributed by atoms with Crippen molar-refractivity contribution in [2.45, 2.75) is 25.8 Å². The maximum Gasteiger partial charge on any atom is 0.231 e. The molecule has 2 aromatic carbocycles. The molecule has 0 fully saturated rings. The summed E-state index contributed by atoms with van der Waals surface area (Å²) in [5.41, 5.74) is 4.01. The number of benzene rings is 2. The van der Waals surface area contributed by atoms with Gasteiger partial charge in [0.2, 0.25) is 11.8 Å². The Morgan fingerprint density at radius 2 is 2.04 bits per heavy atom. The number of hydrogen-bond donors (Lipinski definition) is 1. The van der Waals surface area contributed by atoms with Crippen LogP contribution in [-0.2, 0) is 29.0 Å². The van der Waals surface area contributed by atoms with Crippen LogP contribution in [0.3, 0.4) is 0 Å². The molecule has 3 rings (SSSR count). The summed E-state index contributed by atoms with van der Waals surface area (Å²) in [4.78, 5) is 25.5. The van der Waals surface area contributed by atoms with E-state index >= 15 is 0 Å². The monoisotopic (exact) mass is 338 g/mol. The Hall–Kier alpha value is -2.82. The van der Waals surface area contributed by atoms with E-state index in [1.807, 2.05) is 42.5 Å². The van der Waals surface area contributed by atoms with Crippen LogP contribution in [-0.4, -0.2) is 26.0 Å². The summed E-state index contributed by atoms with van der Waals surface area (Å²) in [7, 11) is 3.42. The first-order valence-electron chi connectivity index (χ1n) is 8.35. The number of methoxy groups -OCH3 is 1. The van der Waals surface area contributed by atoms with Gasteiger partial charge in [0.15, 0.2) is 0 Å². The van der Waals surface area contributed by atoms with Crippen molar-refractivity contribution in [2.24, 2.45) is 0 Å². The number of ether oxygens (including phenoxy) is 1. The Kier molecular flexibility index (Phi) is 5.03.